The second-order valence-electron chi connectivity index (χ2n) is 4.70. The Labute approximate surface area is 121 Å². The van der Waals surface area contributed by atoms with Crippen LogP contribution in [0.1, 0.15) is 18.4 Å². The predicted octanol–water partition coefficient (Wildman–Crippen LogP) is 1.46. The highest BCUT2D eigenvalue weighted by Gasteiger charge is 2.36. The molecule has 0 spiro atoms. The molecule has 0 radical (unpaired) electrons. The second kappa shape index (κ2) is 5.51. The van der Waals surface area contributed by atoms with Gasteiger partial charge in [-0.3, -0.25) is 0 Å². The van der Waals surface area contributed by atoms with Gasteiger partial charge in [-0.15, -0.1) is 0 Å². The summed E-state index contributed by atoms with van der Waals surface area (Å²) < 4.78 is 37.4. The van der Waals surface area contributed by atoms with Crippen molar-refractivity contribution in [1.82, 2.24) is 9.46 Å². The molecule has 0 saturated carbocycles. The number of nitrogens with zero attached hydrogens (tertiary/aromatic N) is 2. The third kappa shape index (κ3) is 2.86. The van der Waals surface area contributed by atoms with Gasteiger partial charge in [0, 0.05) is 18.4 Å². The summed E-state index contributed by atoms with van der Waals surface area (Å²) >= 11 is 3.33. The Bertz CT molecular complexity index is 538. The molecule has 1 aromatic rings. The van der Waals surface area contributed by atoms with Crippen LogP contribution >= 0.6 is 15.9 Å². The summed E-state index contributed by atoms with van der Waals surface area (Å²) in [5.41, 5.74) is 0.395. The monoisotopic (exact) mass is 352 g/mol. The fourth-order valence-electron chi connectivity index (χ4n) is 2.26. The van der Waals surface area contributed by atoms with Crippen LogP contribution in [-0.2, 0) is 14.8 Å². The average Bonchev–Trinajstić information content (AvgIpc) is 2.68. The summed E-state index contributed by atoms with van der Waals surface area (Å²) in [6, 6.07) is 0. The number of ether oxygens (including phenoxy) is 1. The Morgan fingerprint density at radius 3 is 2.63 bits per heavy atom. The van der Waals surface area contributed by atoms with E-state index in [1.54, 1.807) is 13.8 Å². The third-order valence-corrected chi connectivity index (χ3v) is 5.83. The molecule has 1 fully saturated rings. The van der Waals surface area contributed by atoms with E-state index in [0.29, 0.717) is 29.9 Å². The van der Waals surface area contributed by atoms with E-state index in [-0.39, 0.29) is 17.1 Å². The lowest BCUT2D eigenvalue weighted by Crippen LogP contribution is -2.49. The number of morpholine rings is 1. The van der Waals surface area contributed by atoms with E-state index < -0.39 is 10.0 Å². The van der Waals surface area contributed by atoms with E-state index in [1.165, 1.54) is 4.31 Å². The standard InChI is InChI=1S/C11H17BrN2O4S/c1-7-5-14(6-10(4-12)17-7)19(15,16)11-8(2)13-18-9(11)3/h7,10H,4-6H2,1-3H3. The lowest BCUT2D eigenvalue weighted by Gasteiger charge is -2.35. The van der Waals surface area contributed by atoms with Crippen LogP contribution in [0.5, 0.6) is 0 Å². The maximum absolute atomic E-state index is 12.7. The molecule has 2 unspecified atom stereocenters. The molecule has 8 heteroatoms. The number of rotatable bonds is 3. The molecule has 0 amide bonds. The lowest BCUT2D eigenvalue weighted by atomic mass is 10.3. The molecule has 2 atom stereocenters. The van der Waals surface area contributed by atoms with E-state index >= 15 is 0 Å². The predicted molar refractivity (Wildman–Crippen MR) is 72.9 cm³/mol. The summed E-state index contributed by atoms with van der Waals surface area (Å²) in [5, 5.41) is 4.32. The first-order valence-corrected chi connectivity index (χ1v) is 8.57. The van der Waals surface area contributed by atoms with Crippen molar-refractivity contribution in [1.29, 1.82) is 0 Å². The fourth-order valence-corrected chi connectivity index (χ4v) is 4.45. The summed E-state index contributed by atoms with van der Waals surface area (Å²) in [4.78, 5) is 0.176. The van der Waals surface area contributed by atoms with Crippen LogP contribution in [0.3, 0.4) is 0 Å². The smallest absolute Gasteiger partial charge is 0.248 e. The van der Waals surface area contributed by atoms with Crippen LogP contribution < -0.4 is 0 Å². The Morgan fingerprint density at radius 2 is 2.11 bits per heavy atom. The molecule has 19 heavy (non-hydrogen) atoms. The minimum atomic E-state index is -3.58. The van der Waals surface area contributed by atoms with Crippen molar-refractivity contribution in [3.05, 3.63) is 11.5 Å². The van der Waals surface area contributed by atoms with Gasteiger partial charge in [0.15, 0.2) is 5.76 Å². The highest BCUT2D eigenvalue weighted by Crippen LogP contribution is 2.26. The topological polar surface area (TPSA) is 72.6 Å². The van der Waals surface area contributed by atoms with Crippen LogP contribution in [0, 0.1) is 13.8 Å². The number of aryl methyl sites for hydroxylation is 2. The molecule has 0 aliphatic carbocycles. The Morgan fingerprint density at radius 1 is 1.42 bits per heavy atom. The van der Waals surface area contributed by atoms with Crippen molar-refractivity contribution in [3.8, 4) is 0 Å². The van der Waals surface area contributed by atoms with E-state index in [1.807, 2.05) is 6.92 Å². The van der Waals surface area contributed by atoms with E-state index in [9.17, 15) is 8.42 Å². The van der Waals surface area contributed by atoms with Gasteiger partial charge >= 0.3 is 0 Å². The maximum Gasteiger partial charge on any atom is 0.248 e. The Balaban J connectivity index is 2.34. The summed E-state index contributed by atoms with van der Waals surface area (Å²) in [7, 11) is -3.58. The third-order valence-electron chi connectivity index (χ3n) is 3.03. The van der Waals surface area contributed by atoms with Gasteiger partial charge in [0.1, 0.15) is 10.6 Å². The number of sulfonamides is 1. The fraction of sp³-hybridized carbons (Fsp3) is 0.727. The summed E-state index contributed by atoms with van der Waals surface area (Å²) in [6.45, 7) is 5.79. The lowest BCUT2D eigenvalue weighted by molar-refractivity contribution is -0.0411. The van der Waals surface area contributed by atoms with Crippen LogP contribution in [0.15, 0.2) is 9.42 Å². The molecule has 108 valence electrons. The van der Waals surface area contributed by atoms with Crippen LogP contribution in [0.4, 0.5) is 0 Å². The van der Waals surface area contributed by atoms with Gasteiger partial charge in [-0.05, 0) is 20.8 Å². The molecule has 1 saturated heterocycles. The van der Waals surface area contributed by atoms with Gasteiger partial charge in [0.25, 0.3) is 0 Å². The van der Waals surface area contributed by atoms with Crippen molar-refractivity contribution < 1.29 is 17.7 Å². The molecule has 1 aromatic heterocycles. The molecule has 1 aliphatic rings. The number of halogens is 1. The first-order valence-electron chi connectivity index (χ1n) is 6.00. The summed E-state index contributed by atoms with van der Waals surface area (Å²) in [5.74, 6) is 0.326. The van der Waals surface area contributed by atoms with Gasteiger partial charge in [-0.1, -0.05) is 21.1 Å². The SMILES string of the molecule is Cc1noc(C)c1S(=O)(=O)N1CC(C)OC(CBr)C1. The van der Waals surface area contributed by atoms with Gasteiger partial charge < -0.3 is 9.26 Å². The first-order chi connectivity index (χ1) is 8.86. The quantitative estimate of drug-likeness (QED) is 0.770. The molecule has 0 aromatic carbocycles. The Hall–Kier alpha value is -0.440. The average molecular weight is 353 g/mol. The first kappa shape index (κ1) is 15.0. The molecule has 0 bridgehead atoms. The van der Waals surface area contributed by atoms with E-state index in [2.05, 4.69) is 21.1 Å². The normalized spacial score (nSPS) is 25.7. The van der Waals surface area contributed by atoms with Crippen molar-refractivity contribution in [2.45, 2.75) is 37.9 Å². The van der Waals surface area contributed by atoms with Crippen molar-refractivity contribution >= 4 is 26.0 Å². The highest BCUT2D eigenvalue weighted by atomic mass is 79.9. The summed E-state index contributed by atoms with van der Waals surface area (Å²) in [6.07, 6.45) is -0.273. The van der Waals surface area contributed by atoms with Crippen molar-refractivity contribution in [3.63, 3.8) is 0 Å². The van der Waals surface area contributed by atoms with E-state index in [4.69, 9.17) is 9.26 Å². The second-order valence-corrected chi connectivity index (χ2v) is 7.22. The molecule has 1 aliphatic heterocycles. The zero-order chi connectivity index (χ0) is 14.2. The van der Waals surface area contributed by atoms with E-state index in [0.717, 1.165) is 0 Å². The number of hydrogen-bond acceptors (Lipinski definition) is 5. The molecule has 2 heterocycles. The van der Waals surface area contributed by atoms with Gasteiger partial charge in [0.2, 0.25) is 10.0 Å². The molecule has 6 nitrogen and oxygen atoms in total. The van der Waals surface area contributed by atoms with Crippen molar-refractivity contribution in [2.24, 2.45) is 0 Å². The molecular formula is C11H17BrN2O4S. The minimum absolute atomic E-state index is 0.133. The highest BCUT2D eigenvalue weighted by molar-refractivity contribution is 9.09. The number of hydrogen-bond donors (Lipinski definition) is 0. The zero-order valence-electron chi connectivity index (χ0n) is 11.1. The molecule has 2 rings (SSSR count). The number of alkyl halides is 1. The van der Waals surface area contributed by atoms with Crippen LogP contribution in [0.2, 0.25) is 0 Å². The zero-order valence-corrected chi connectivity index (χ0v) is 13.5. The van der Waals surface area contributed by atoms with Gasteiger partial charge in [-0.25, -0.2) is 8.42 Å². The van der Waals surface area contributed by atoms with Gasteiger partial charge in [-0.2, -0.15) is 4.31 Å². The van der Waals surface area contributed by atoms with Crippen LogP contribution in [0.25, 0.3) is 0 Å². The largest absolute Gasteiger partial charge is 0.372 e. The van der Waals surface area contributed by atoms with Crippen LogP contribution in [-0.4, -0.2) is 48.5 Å². The minimum Gasteiger partial charge on any atom is -0.372 e. The Kier molecular flexibility index (Phi) is 4.34. The maximum atomic E-state index is 12.7. The van der Waals surface area contributed by atoms with Gasteiger partial charge in [0.05, 0.1) is 12.2 Å². The van der Waals surface area contributed by atoms with Crippen molar-refractivity contribution in [2.75, 3.05) is 18.4 Å². The number of aromatic nitrogens is 1. The molecule has 0 N–H and O–H groups in total. The molecular weight excluding hydrogens is 336 g/mol.